The summed E-state index contributed by atoms with van der Waals surface area (Å²) < 4.78 is 22.1. The number of rotatable bonds is 10. The fraction of sp³-hybridized carbons (Fsp3) is 0.333. The lowest BCUT2D eigenvalue weighted by Gasteiger charge is -2.12. The van der Waals surface area contributed by atoms with E-state index in [2.05, 4.69) is 12.0 Å². The molecule has 3 aromatic rings. The van der Waals surface area contributed by atoms with Gasteiger partial charge in [0, 0.05) is 18.0 Å². The summed E-state index contributed by atoms with van der Waals surface area (Å²) in [5.41, 5.74) is 2.43. The monoisotopic (exact) mass is 410 g/mol. The molecular formula is C24H27FN2O3. The van der Waals surface area contributed by atoms with E-state index in [1.54, 1.807) is 4.68 Å². The smallest absolute Gasteiger partial charge is 0.304 e. The number of nitrogens with zero attached hydrogens (tertiary/aromatic N) is 2. The minimum atomic E-state index is -0.840. The van der Waals surface area contributed by atoms with Gasteiger partial charge in [-0.3, -0.25) is 9.48 Å². The summed E-state index contributed by atoms with van der Waals surface area (Å²) in [6, 6.07) is 13.0. The zero-order chi connectivity index (χ0) is 21.5. The van der Waals surface area contributed by atoms with Gasteiger partial charge in [-0.25, -0.2) is 0 Å². The Morgan fingerprint density at radius 1 is 1.27 bits per heavy atom. The summed E-state index contributed by atoms with van der Waals surface area (Å²) in [4.78, 5) is 11.1. The third kappa shape index (κ3) is 5.06. The third-order valence-electron chi connectivity index (χ3n) is 5.07. The van der Waals surface area contributed by atoms with Crippen molar-refractivity contribution in [3.05, 3.63) is 71.7 Å². The van der Waals surface area contributed by atoms with Crippen molar-refractivity contribution in [3.63, 3.8) is 0 Å². The van der Waals surface area contributed by atoms with Gasteiger partial charge < -0.3 is 9.84 Å². The van der Waals surface area contributed by atoms with E-state index in [9.17, 15) is 9.18 Å². The van der Waals surface area contributed by atoms with Crippen LogP contribution < -0.4 is 4.74 Å². The van der Waals surface area contributed by atoms with Crippen molar-refractivity contribution in [1.82, 2.24) is 9.78 Å². The SMILES string of the molecule is CC=C[C@H](CC(=O)O)c1ccc(OCc2cccc3c2c(F)nn3CCCC)cc1. The Morgan fingerprint density at radius 2 is 2.03 bits per heavy atom. The van der Waals surface area contributed by atoms with Gasteiger partial charge in [0.05, 0.1) is 17.3 Å². The average Bonchev–Trinajstić information content (AvgIpc) is 3.07. The predicted octanol–water partition coefficient (Wildman–Crippen LogP) is 5.69. The van der Waals surface area contributed by atoms with Crippen LogP contribution in [0.3, 0.4) is 0 Å². The van der Waals surface area contributed by atoms with E-state index in [4.69, 9.17) is 9.84 Å². The van der Waals surface area contributed by atoms with Gasteiger partial charge in [0.2, 0.25) is 5.95 Å². The van der Waals surface area contributed by atoms with Gasteiger partial charge >= 0.3 is 5.97 Å². The predicted molar refractivity (Wildman–Crippen MR) is 115 cm³/mol. The largest absolute Gasteiger partial charge is 0.489 e. The standard InChI is InChI=1S/C24H27FN2O3/c1-3-5-14-27-21-9-6-8-19(23(21)24(25)26-27)16-30-20-12-10-17(11-13-20)18(7-4-2)15-22(28)29/h4,6-13,18H,3,5,14-16H2,1-2H3,(H,28,29)/t18-/m1/s1. The first-order valence-electron chi connectivity index (χ1n) is 10.2. The summed E-state index contributed by atoms with van der Waals surface area (Å²) in [5, 5.41) is 13.7. The molecule has 3 rings (SSSR count). The number of carboxylic acid groups (broad SMARTS) is 1. The number of hydrogen-bond acceptors (Lipinski definition) is 3. The first-order chi connectivity index (χ1) is 14.5. The van der Waals surface area contributed by atoms with Crippen molar-refractivity contribution in [1.29, 1.82) is 0 Å². The summed E-state index contributed by atoms with van der Waals surface area (Å²) >= 11 is 0. The molecule has 1 heterocycles. The second-order valence-corrected chi connectivity index (χ2v) is 7.27. The number of carboxylic acids is 1. The van der Waals surface area contributed by atoms with Crippen LogP contribution in [-0.2, 0) is 17.9 Å². The van der Waals surface area contributed by atoms with Crippen LogP contribution in [0.4, 0.5) is 4.39 Å². The Labute approximate surface area is 175 Å². The number of aromatic nitrogens is 2. The molecule has 1 atom stereocenters. The van der Waals surface area contributed by atoms with E-state index in [1.807, 2.05) is 61.5 Å². The van der Waals surface area contributed by atoms with E-state index >= 15 is 0 Å². The maximum Gasteiger partial charge on any atom is 0.304 e. The quantitative estimate of drug-likeness (QED) is 0.436. The molecule has 0 radical (unpaired) electrons. The zero-order valence-electron chi connectivity index (χ0n) is 17.3. The second kappa shape index (κ2) is 10.1. The van der Waals surface area contributed by atoms with E-state index < -0.39 is 11.9 Å². The maximum absolute atomic E-state index is 14.5. The van der Waals surface area contributed by atoms with Crippen LogP contribution in [0.5, 0.6) is 5.75 Å². The first-order valence-corrected chi connectivity index (χ1v) is 10.2. The lowest BCUT2D eigenvalue weighted by molar-refractivity contribution is -0.137. The number of benzene rings is 2. The molecule has 0 spiro atoms. The van der Waals surface area contributed by atoms with Crippen molar-refractivity contribution < 1.29 is 19.0 Å². The summed E-state index contributed by atoms with van der Waals surface area (Å²) in [6.07, 6.45) is 5.73. The molecule has 1 aromatic heterocycles. The Kier molecular flexibility index (Phi) is 7.22. The highest BCUT2D eigenvalue weighted by atomic mass is 19.1. The van der Waals surface area contributed by atoms with E-state index in [1.165, 1.54) is 0 Å². The highest BCUT2D eigenvalue weighted by molar-refractivity contribution is 5.82. The fourth-order valence-electron chi connectivity index (χ4n) is 3.54. The number of ether oxygens (including phenoxy) is 1. The topological polar surface area (TPSA) is 64.3 Å². The van der Waals surface area contributed by atoms with Crippen molar-refractivity contribution in [2.75, 3.05) is 0 Å². The van der Waals surface area contributed by atoms with Crippen molar-refractivity contribution in [2.45, 2.75) is 52.2 Å². The van der Waals surface area contributed by atoms with Crippen molar-refractivity contribution in [3.8, 4) is 5.75 Å². The molecule has 0 bridgehead atoms. The molecule has 5 nitrogen and oxygen atoms in total. The van der Waals surface area contributed by atoms with Crippen molar-refractivity contribution >= 4 is 16.9 Å². The van der Waals surface area contributed by atoms with Crippen LogP contribution in [0.2, 0.25) is 0 Å². The minimum absolute atomic E-state index is 0.0356. The fourth-order valence-corrected chi connectivity index (χ4v) is 3.54. The summed E-state index contributed by atoms with van der Waals surface area (Å²) in [7, 11) is 0. The highest BCUT2D eigenvalue weighted by Gasteiger charge is 2.15. The second-order valence-electron chi connectivity index (χ2n) is 7.27. The molecule has 1 N–H and O–H groups in total. The molecule has 0 saturated carbocycles. The highest BCUT2D eigenvalue weighted by Crippen LogP contribution is 2.26. The Morgan fingerprint density at radius 3 is 2.70 bits per heavy atom. The van der Waals surface area contributed by atoms with Gasteiger partial charge in [-0.2, -0.15) is 4.39 Å². The van der Waals surface area contributed by atoms with Gasteiger partial charge in [0.1, 0.15) is 12.4 Å². The van der Waals surface area contributed by atoms with Gasteiger partial charge in [-0.1, -0.05) is 49.8 Å². The molecule has 0 unspecified atom stereocenters. The third-order valence-corrected chi connectivity index (χ3v) is 5.07. The Hall–Kier alpha value is -3.15. The zero-order valence-corrected chi connectivity index (χ0v) is 17.3. The van der Waals surface area contributed by atoms with E-state index in [-0.39, 0.29) is 18.9 Å². The molecule has 2 aromatic carbocycles. The van der Waals surface area contributed by atoms with Crippen LogP contribution in [-0.4, -0.2) is 20.9 Å². The molecule has 30 heavy (non-hydrogen) atoms. The number of halogens is 1. The molecular weight excluding hydrogens is 383 g/mol. The van der Waals surface area contributed by atoms with E-state index in [0.29, 0.717) is 17.7 Å². The summed E-state index contributed by atoms with van der Waals surface area (Å²) in [6.45, 7) is 4.87. The number of hydrogen-bond donors (Lipinski definition) is 1. The van der Waals surface area contributed by atoms with E-state index in [0.717, 1.165) is 29.5 Å². The number of aryl methyl sites for hydroxylation is 1. The minimum Gasteiger partial charge on any atom is -0.489 e. The van der Waals surface area contributed by atoms with Gasteiger partial charge in [0.25, 0.3) is 0 Å². The summed E-state index contributed by atoms with van der Waals surface area (Å²) in [5.74, 6) is -0.853. The lowest BCUT2D eigenvalue weighted by Crippen LogP contribution is -2.04. The van der Waals surface area contributed by atoms with Gasteiger partial charge in [0.15, 0.2) is 0 Å². The van der Waals surface area contributed by atoms with Crippen molar-refractivity contribution in [2.24, 2.45) is 0 Å². The average molecular weight is 410 g/mol. The number of carbonyl (C=O) groups is 1. The molecule has 158 valence electrons. The number of aliphatic carboxylic acids is 1. The molecule has 0 aliphatic carbocycles. The molecule has 0 saturated heterocycles. The van der Waals surface area contributed by atoms with Crippen LogP contribution >= 0.6 is 0 Å². The van der Waals surface area contributed by atoms with Crippen LogP contribution in [0.15, 0.2) is 54.6 Å². The number of unbranched alkanes of at least 4 members (excludes halogenated alkanes) is 1. The van der Waals surface area contributed by atoms with Crippen LogP contribution in [0.25, 0.3) is 10.9 Å². The molecule has 6 heteroatoms. The first kappa shape index (κ1) is 21.6. The normalized spacial score (nSPS) is 12.5. The molecule has 0 fully saturated rings. The van der Waals surface area contributed by atoms with Crippen LogP contribution in [0.1, 0.15) is 50.2 Å². The lowest BCUT2D eigenvalue weighted by atomic mass is 9.95. The number of fused-ring (bicyclic) bond motifs is 1. The van der Waals surface area contributed by atoms with Crippen LogP contribution in [0, 0.1) is 5.95 Å². The Balaban J connectivity index is 1.75. The van der Waals surface area contributed by atoms with Gasteiger partial charge in [-0.15, -0.1) is 5.10 Å². The molecule has 0 aliphatic heterocycles. The Bertz CT molecular complexity index is 1020. The molecule has 0 aliphatic rings. The number of allylic oxidation sites excluding steroid dienone is 2. The van der Waals surface area contributed by atoms with Gasteiger partial charge in [-0.05, 0) is 37.1 Å². The maximum atomic E-state index is 14.5. The molecule has 0 amide bonds.